The Balaban J connectivity index is 2.39. The lowest BCUT2D eigenvalue weighted by Gasteiger charge is -2.43. The Hall–Kier alpha value is -0.930. The van der Waals surface area contributed by atoms with E-state index >= 15 is 0 Å². The second kappa shape index (κ2) is 5.45. The maximum absolute atomic E-state index is 13.8. The second-order valence-electron chi connectivity index (χ2n) is 6.54. The highest BCUT2D eigenvalue weighted by molar-refractivity contribution is 5.30. The van der Waals surface area contributed by atoms with Crippen molar-refractivity contribution >= 4 is 0 Å². The molecule has 0 aliphatic heterocycles. The van der Waals surface area contributed by atoms with Crippen molar-refractivity contribution in [2.24, 2.45) is 17.1 Å². The summed E-state index contributed by atoms with van der Waals surface area (Å²) in [5, 5.41) is 11.1. The molecule has 1 fully saturated rings. The Morgan fingerprint density at radius 2 is 2.20 bits per heavy atom. The Kier molecular flexibility index (Phi) is 4.22. The molecule has 0 saturated heterocycles. The van der Waals surface area contributed by atoms with Gasteiger partial charge in [-0.2, -0.15) is 0 Å². The predicted molar refractivity (Wildman–Crippen MR) is 79.8 cm³/mol. The number of aliphatic hydroxyl groups is 1. The first-order chi connectivity index (χ1) is 9.36. The molecular weight excluding hydrogens is 253 g/mol. The monoisotopic (exact) mass is 279 g/mol. The molecule has 0 bridgehead atoms. The Labute approximate surface area is 121 Å². The number of benzene rings is 1. The van der Waals surface area contributed by atoms with Crippen LogP contribution < -0.4 is 5.73 Å². The number of hydrogen-bond donors (Lipinski definition) is 2. The Morgan fingerprint density at radius 3 is 2.70 bits per heavy atom. The molecule has 20 heavy (non-hydrogen) atoms. The molecule has 1 aliphatic rings. The van der Waals surface area contributed by atoms with Gasteiger partial charge in [0.15, 0.2) is 0 Å². The van der Waals surface area contributed by atoms with Crippen molar-refractivity contribution in [2.75, 3.05) is 6.54 Å². The third kappa shape index (κ3) is 2.38. The van der Waals surface area contributed by atoms with E-state index in [1.54, 1.807) is 19.9 Å². The molecule has 3 unspecified atom stereocenters. The zero-order valence-electron chi connectivity index (χ0n) is 12.7. The molecule has 112 valence electrons. The van der Waals surface area contributed by atoms with Gasteiger partial charge in [0, 0.05) is 12.0 Å². The van der Waals surface area contributed by atoms with Crippen LogP contribution in [0.1, 0.15) is 50.7 Å². The molecule has 3 heteroatoms. The quantitative estimate of drug-likeness (QED) is 0.886. The van der Waals surface area contributed by atoms with E-state index in [-0.39, 0.29) is 11.2 Å². The fraction of sp³-hybridized carbons (Fsp3) is 0.647. The van der Waals surface area contributed by atoms with Gasteiger partial charge in [-0.05, 0) is 56.2 Å². The summed E-state index contributed by atoms with van der Waals surface area (Å²) in [6.45, 7) is 6.14. The highest BCUT2D eigenvalue weighted by atomic mass is 19.1. The van der Waals surface area contributed by atoms with E-state index in [9.17, 15) is 9.50 Å². The van der Waals surface area contributed by atoms with E-state index in [1.807, 2.05) is 6.07 Å². The van der Waals surface area contributed by atoms with Crippen molar-refractivity contribution in [1.29, 1.82) is 0 Å². The fourth-order valence-corrected chi connectivity index (χ4v) is 3.61. The second-order valence-corrected chi connectivity index (χ2v) is 6.54. The van der Waals surface area contributed by atoms with E-state index in [0.717, 1.165) is 25.7 Å². The van der Waals surface area contributed by atoms with Gasteiger partial charge in [-0.25, -0.2) is 4.39 Å². The summed E-state index contributed by atoms with van der Waals surface area (Å²) in [5.41, 5.74) is 5.84. The van der Waals surface area contributed by atoms with Crippen LogP contribution in [0.4, 0.5) is 4.39 Å². The summed E-state index contributed by atoms with van der Waals surface area (Å²) in [5.74, 6) is 0.348. The summed E-state index contributed by atoms with van der Waals surface area (Å²) in [7, 11) is 0. The highest BCUT2D eigenvalue weighted by Crippen LogP contribution is 2.53. The zero-order valence-corrected chi connectivity index (χ0v) is 12.7. The van der Waals surface area contributed by atoms with Crippen molar-refractivity contribution in [3.63, 3.8) is 0 Å². The SMILES string of the molecule is CCC1CCC(CN)(C(C)(O)c2ccc(C)c(F)c2)C1. The van der Waals surface area contributed by atoms with E-state index in [1.165, 1.54) is 6.07 Å². The Bertz CT molecular complexity index is 486. The van der Waals surface area contributed by atoms with Gasteiger partial charge in [0.2, 0.25) is 0 Å². The third-order valence-corrected chi connectivity index (χ3v) is 5.45. The van der Waals surface area contributed by atoms with Crippen LogP contribution in [0, 0.1) is 24.1 Å². The van der Waals surface area contributed by atoms with Crippen LogP contribution in [-0.2, 0) is 5.60 Å². The van der Waals surface area contributed by atoms with E-state index < -0.39 is 5.60 Å². The minimum Gasteiger partial charge on any atom is -0.385 e. The molecule has 1 aliphatic carbocycles. The standard InChI is InChI=1S/C17H26FNO/c1-4-13-7-8-17(10-13,11-19)16(3,20)14-6-5-12(2)15(18)9-14/h5-6,9,13,20H,4,7-8,10-11,19H2,1-3H3. The van der Waals surface area contributed by atoms with Crippen LogP contribution in [0.25, 0.3) is 0 Å². The summed E-state index contributed by atoms with van der Waals surface area (Å²) in [6.07, 6.45) is 4.03. The van der Waals surface area contributed by atoms with Crippen LogP contribution in [-0.4, -0.2) is 11.7 Å². The Morgan fingerprint density at radius 1 is 1.50 bits per heavy atom. The van der Waals surface area contributed by atoms with Crippen LogP contribution in [0.5, 0.6) is 0 Å². The topological polar surface area (TPSA) is 46.2 Å². The summed E-state index contributed by atoms with van der Waals surface area (Å²) < 4.78 is 13.8. The molecular formula is C17H26FNO. The predicted octanol–water partition coefficient (Wildman–Crippen LogP) is 3.50. The average Bonchev–Trinajstić information content (AvgIpc) is 2.87. The fourth-order valence-electron chi connectivity index (χ4n) is 3.61. The van der Waals surface area contributed by atoms with Crippen LogP contribution in [0.3, 0.4) is 0 Å². The molecule has 0 amide bonds. The molecule has 0 spiro atoms. The normalized spacial score (nSPS) is 29.4. The molecule has 0 heterocycles. The van der Waals surface area contributed by atoms with Crippen molar-refractivity contribution in [3.8, 4) is 0 Å². The van der Waals surface area contributed by atoms with Gasteiger partial charge in [-0.1, -0.05) is 25.5 Å². The molecule has 1 aromatic carbocycles. The summed E-state index contributed by atoms with van der Waals surface area (Å²) in [4.78, 5) is 0. The average molecular weight is 279 g/mol. The molecule has 2 rings (SSSR count). The molecule has 0 aromatic heterocycles. The van der Waals surface area contributed by atoms with E-state index in [4.69, 9.17) is 5.73 Å². The van der Waals surface area contributed by atoms with Gasteiger partial charge in [0.25, 0.3) is 0 Å². The first-order valence-electron chi connectivity index (χ1n) is 7.55. The molecule has 1 aromatic rings. The largest absolute Gasteiger partial charge is 0.385 e. The van der Waals surface area contributed by atoms with Crippen molar-refractivity contribution < 1.29 is 9.50 Å². The summed E-state index contributed by atoms with van der Waals surface area (Å²) in [6, 6.07) is 5.02. The lowest BCUT2D eigenvalue weighted by molar-refractivity contribution is -0.0717. The first-order valence-corrected chi connectivity index (χ1v) is 7.55. The number of aryl methyl sites for hydroxylation is 1. The minimum atomic E-state index is -1.08. The van der Waals surface area contributed by atoms with Crippen LogP contribution in [0.15, 0.2) is 18.2 Å². The lowest BCUT2D eigenvalue weighted by Crippen LogP contribution is -2.47. The van der Waals surface area contributed by atoms with Gasteiger partial charge in [-0.15, -0.1) is 0 Å². The third-order valence-electron chi connectivity index (χ3n) is 5.45. The van der Waals surface area contributed by atoms with Gasteiger partial charge < -0.3 is 10.8 Å². The van der Waals surface area contributed by atoms with Gasteiger partial charge in [-0.3, -0.25) is 0 Å². The van der Waals surface area contributed by atoms with Crippen molar-refractivity contribution in [1.82, 2.24) is 0 Å². The van der Waals surface area contributed by atoms with E-state index in [0.29, 0.717) is 23.6 Å². The maximum Gasteiger partial charge on any atom is 0.126 e. The molecule has 3 atom stereocenters. The van der Waals surface area contributed by atoms with Gasteiger partial charge in [0.05, 0.1) is 5.60 Å². The zero-order chi connectivity index (χ0) is 15.0. The molecule has 3 N–H and O–H groups in total. The number of halogens is 1. The number of nitrogens with two attached hydrogens (primary N) is 1. The van der Waals surface area contributed by atoms with Gasteiger partial charge >= 0.3 is 0 Å². The van der Waals surface area contributed by atoms with E-state index in [2.05, 4.69) is 6.92 Å². The number of rotatable bonds is 4. The number of hydrogen-bond acceptors (Lipinski definition) is 2. The minimum absolute atomic E-state index is 0.264. The smallest absolute Gasteiger partial charge is 0.126 e. The van der Waals surface area contributed by atoms with Crippen molar-refractivity contribution in [3.05, 3.63) is 35.1 Å². The van der Waals surface area contributed by atoms with Crippen LogP contribution >= 0.6 is 0 Å². The molecule has 1 saturated carbocycles. The molecule has 0 radical (unpaired) electrons. The van der Waals surface area contributed by atoms with Crippen molar-refractivity contribution in [2.45, 2.75) is 52.1 Å². The highest BCUT2D eigenvalue weighted by Gasteiger charge is 2.51. The van der Waals surface area contributed by atoms with Crippen LogP contribution in [0.2, 0.25) is 0 Å². The van der Waals surface area contributed by atoms with Gasteiger partial charge in [0.1, 0.15) is 5.82 Å². The molecule has 2 nitrogen and oxygen atoms in total. The lowest BCUT2D eigenvalue weighted by atomic mass is 9.67. The summed E-state index contributed by atoms with van der Waals surface area (Å²) >= 11 is 0. The first kappa shape index (κ1) is 15.5. The maximum atomic E-state index is 13.8.